The molecule has 0 atom stereocenters. The van der Waals surface area contributed by atoms with Crippen molar-refractivity contribution in [1.29, 1.82) is 0 Å². The Hall–Kier alpha value is -2.32. The number of benzene rings is 2. The zero-order valence-electron chi connectivity index (χ0n) is 23.5. The average molecular weight is 571 g/mol. The minimum Gasteiger partial charge on any atom is -0.508 e. The molecule has 11 heteroatoms. The molecule has 0 radical (unpaired) electrons. The van der Waals surface area contributed by atoms with Gasteiger partial charge in [0.25, 0.3) is 0 Å². The predicted molar refractivity (Wildman–Crippen MR) is 149 cm³/mol. The summed E-state index contributed by atoms with van der Waals surface area (Å²) in [5.41, 5.74) is 3.09. The van der Waals surface area contributed by atoms with E-state index < -0.39 is 0 Å². The standard InChI is InChI=1S/C20H34O8.C9H12O3/c1-23-6-7-24-8-9-25-10-11-26-12-13-27-14-15-28-20-3-2-18(4-5-21)16-19(20)17-22;10-4-3-7-1-2-9(12)8(5-7)6-11/h2-3,16,21-22H,4-15,17H2,1H3;1-2,5,10-12H,3-4,6H2. The molecule has 5 N–H and O–H groups in total. The molecule has 11 nitrogen and oxygen atoms in total. The fourth-order valence-electron chi connectivity index (χ4n) is 3.35. The SMILES string of the molecule is COCCOCCOCCOCCOCCOc1ccc(CCO)cc1CO.OCCc1ccc(O)c(CO)c1. The van der Waals surface area contributed by atoms with Crippen LogP contribution in [0.1, 0.15) is 22.3 Å². The third-order valence-electron chi connectivity index (χ3n) is 5.44. The average Bonchev–Trinajstić information content (AvgIpc) is 2.97. The molecule has 2 aromatic carbocycles. The molecule has 228 valence electrons. The Morgan fingerprint density at radius 3 is 1.48 bits per heavy atom. The number of aliphatic hydroxyl groups excluding tert-OH is 4. The molecule has 0 saturated carbocycles. The monoisotopic (exact) mass is 570 g/mol. The Morgan fingerprint density at radius 1 is 0.550 bits per heavy atom. The molecule has 0 fully saturated rings. The lowest BCUT2D eigenvalue weighted by Crippen LogP contribution is -2.14. The lowest BCUT2D eigenvalue weighted by atomic mass is 10.1. The highest BCUT2D eigenvalue weighted by atomic mass is 16.6. The van der Waals surface area contributed by atoms with Gasteiger partial charge in [0.05, 0.1) is 72.7 Å². The third kappa shape index (κ3) is 16.7. The number of hydrogen-bond acceptors (Lipinski definition) is 11. The van der Waals surface area contributed by atoms with Crippen molar-refractivity contribution in [2.45, 2.75) is 26.1 Å². The minimum absolute atomic E-state index is 0.0790. The summed E-state index contributed by atoms with van der Waals surface area (Å²) in [6, 6.07) is 10.5. The van der Waals surface area contributed by atoms with Crippen molar-refractivity contribution < 1.29 is 54.0 Å². The molecule has 0 spiro atoms. The highest BCUT2D eigenvalue weighted by Gasteiger charge is 2.05. The Kier molecular flexibility index (Phi) is 21.8. The summed E-state index contributed by atoms with van der Waals surface area (Å²) in [6.45, 7) is 4.96. The molecule has 0 aliphatic carbocycles. The summed E-state index contributed by atoms with van der Waals surface area (Å²) in [7, 11) is 1.64. The van der Waals surface area contributed by atoms with Crippen molar-refractivity contribution in [3.8, 4) is 11.5 Å². The number of methoxy groups -OCH3 is 1. The molecular formula is C29H46O11. The highest BCUT2D eigenvalue weighted by Crippen LogP contribution is 2.21. The van der Waals surface area contributed by atoms with Gasteiger partial charge in [-0.25, -0.2) is 0 Å². The summed E-state index contributed by atoms with van der Waals surface area (Å²) >= 11 is 0. The van der Waals surface area contributed by atoms with E-state index in [0.717, 1.165) is 11.1 Å². The van der Waals surface area contributed by atoms with Crippen LogP contribution in [0.25, 0.3) is 0 Å². The number of rotatable bonds is 22. The van der Waals surface area contributed by atoms with Gasteiger partial charge in [0.1, 0.15) is 18.1 Å². The summed E-state index contributed by atoms with van der Waals surface area (Å²) < 4.78 is 32.0. The van der Waals surface area contributed by atoms with E-state index in [9.17, 15) is 10.2 Å². The van der Waals surface area contributed by atoms with Crippen LogP contribution in [0.4, 0.5) is 0 Å². The maximum atomic E-state index is 9.42. The fraction of sp³-hybridized carbons (Fsp3) is 0.586. The van der Waals surface area contributed by atoms with Gasteiger partial charge in [-0.3, -0.25) is 0 Å². The van der Waals surface area contributed by atoms with Crippen LogP contribution in [-0.2, 0) is 49.7 Å². The predicted octanol–water partition coefficient (Wildman–Crippen LogP) is 1.22. The number of hydrogen-bond donors (Lipinski definition) is 5. The van der Waals surface area contributed by atoms with Crippen LogP contribution in [0.5, 0.6) is 11.5 Å². The normalized spacial score (nSPS) is 10.8. The van der Waals surface area contributed by atoms with Crippen molar-refractivity contribution >= 4 is 0 Å². The van der Waals surface area contributed by atoms with Crippen LogP contribution in [0.2, 0.25) is 0 Å². The maximum Gasteiger partial charge on any atom is 0.124 e. The van der Waals surface area contributed by atoms with Gasteiger partial charge >= 0.3 is 0 Å². The van der Waals surface area contributed by atoms with Crippen molar-refractivity contribution in [1.82, 2.24) is 0 Å². The Labute approximate surface area is 236 Å². The van der Waals surface area contributed by atoms with Crippen LogP contribution < -0.4 is 4.74 Å². The van der Waals surface area contributed by atoms with Gasteiger partial charge in [-0.1, -0.05) is 12.1 Å². The molecule has 0 aliphatic rings. The molecular weight excluding hydrogens is 524 g/mol. The lowest BCUT2D eigenvalue weighted by molar-refractivity contribution is -0.00982. The van der Waals surface area contributed by atoms with Crippen molar-refractivity contribution in [2.75, 3.05) is 86.4 Å². The molecule has 0 bridgehead atoms. The van der Waals surface area contributed by atoms with Gasteiger partial charge in [0, 0.05) is 31.5 Å². The van der Waals surface area contributed by atoms with Crippen LogP contribution in [0, 0.1) is 0 Å². The van der Waals surface area contributed by atoms with Crippen LogP contribution >= 0.6 is 0 Å². The Morgan fingerprint density at radius 2 is 1.00 bits per heavy atom. The van der Waals surface area contributed by atoms with Gasteiger partial charge in [0.2, 0.25) is 0 Å². The zero-order valence-corrected chi connectivity index (χ0v) is 23.5. The van der Waals surface area contributed by atoms with E-state index in [1.807, 2.05) is 18.2 Å². The largest absolute Gasteiger partial charge is 0.508 e. The first-order valence-electron chi connectivity index (χ1n) is 13.4. The summed E-state index contributed by atoms with van der Waals surface area (Å²) in [5.74, 6) is 0.728. The van der Waals surface area contributed by atoms with Gasteiger partial charge in [0.15, 0.2) is 0 Å². The van der Waals surface area contributed by atoms with Crippen LogP contribution in [0.15, 0.2) is 36.4 Å². The first-order valence-corrected chi connectivity index (χ1v) is 13.4. The number of ether oxygens (including phenoxy) is 6. The van der Waals surface area contributed by atoms with Crippen molar-refractivity contribution in [3.63, 3.8) is 0 Å². The summed E-state index contributed by atoms with van der Waals surface area (Å²) in [5, 5.41) is 45.0. The summed E-state index contributed by atoms with van der Waals surface area (Å²) in [6.07, 6.45) is 1.11. The second-order valence-corrected chi connectivity index (χ2v) is 8.46. The number of aromatic hydroxyl groups is 1. The maximum absolute atomic E-state index is 9.42. The highest BCUT2D eigenvalue weighted by molar-refractivity contribution is 5.37. The molecule has 40 heavy (non-hydrogen) atoms. The van der Waals surface area contributed by atoms with Gasteiger partial charge in [-0.15, -0.1) is 0 Å². The smallest absolute Gasteiger partial charge is 0.124 e. The van der Waals surface area contributed by atoms with Gasteiger partial charge in [-0.2, -0.15) is 0 Å². The lowest BCUT2D eigenvalue weighted by Gasteiger charge is -2.12. The van der Waals surface area contributed by atoms with E-state index in [1.165, 1.54) is 6.07 Å². The second kappa shape index (κ2) is 24.5. The zero-order chi connectivity index (χ0) is 29.3. The molecule has 2 rings (SSSR count). The first-order chi connectivity index (χ1) is 19.6. The molecule has 0 aliphatic heterocycles. The second-order valence-electron chi connectivity index (χ2n) is 8.46. The first kappa shape index (κ1) is 35.7. The van der Waals surface area contributed by atoms with Crippen LogP contribution in [0.3, 0.4) is 0 Å². The van der Waals surface area contributed by atoms with E-state index in [1.54, 1.807) is 19.2 Å². The summed E-state index contributed by atoms with van der Waals surface area (Å²) in [4.78, 5) is 0. The molecule has 0 unspecified atom stereocenters. The fourth-order valence-corrected chi connectivity index (χ4v) is 3.35. The van der Waals surface area contributed by atoms with Gasteiger partial charge in [-0.05, 0) is 48.2 Å². The van der Waals surface area contributed by atoms with E-state index in [2.05, 4.69) is 0 Å². The Balaban J connectivity index is 0.000000552. The van der Waals surface area contributed by atoms with E-state index in [-0.39, 0.29) is 32.2 Å². The molecule has 2 aromatic rings. The van der Waals surface area contributed by atoms with Crippen molar-refractivity contribution in [2.24, 2.45) is 0 Å². The van der Waals surface area contributed by atoms with Crippen molar-refractivity contribution in [3.05, 3.63) is 58.7 Å². The minimum atomic E-state index is -0.175. The van der Waals surface area contributed by atoms with Gasteiger partial charge < -0.3 is 54.0 Å². The molecule has 0 saturated heterocycles. The quantitative estimate of drug-likeness (QED) is 0.130. The molecule has 0 amide bonds. The molecule has 0 heterocycles. The topological polar surface area (TPSA) is 157 Å². The van der Waals surface area contributed by atoms with E-state index >= 15 is 0 Å². The number of phenols is 1. The van der Waals surface area contributed by atoms with E-state index in [4.69, 9.17) is 43.7 Å². The Bertz CT molecular complexity index is 879. The third-order valence-corrected chi connectivity index (χ3v) is 5.44. The molecule has 0 aromatic heterocycles. The van der Waals surface area contributed by atoms with Crippen LogP contribution in [-0.4, -0.2) is 112 Å². The number of aliphatic hydroxyl groups is 4. The van der Waals surface area contributed by atoms with E-state index in [0.29, 0.717) is 95.8 Å².